The van der Waals surface area contributed by atoms with Gasteiger partial charge in [0.05, 0.1) is 10.5 Å². The number of thioether (sulfide) groups is 1. The van der Waals surface area contributed by atoms with Crippen LogP contribution in [0.2, 0.25) is 0 Å². The number of carboxylic acids is 1. The van der Waals surface area contributed by atoms with Gasteiger partial charge in [-0.25, -0.2) is 9.79 Å². The van der Waals surface area contributed by atoms with Gasteiger partial charge >= 0.3 is 12.1 Å². The van der Waals surface area contributed by atoms with E-state index < -0.39 is 29.7 Å². The minimum absolute atomic E-state index is 0.0378. The molecule has 1 atom stereocenters. The fourth-order valence-corrected chi connectivity index (χ4v) is 3.35. The molecule has 1 amide bonds. The van der Waals surface area contributed by atoms with E-state index in [4.69, 9.17) is 4.42 Å². The number of halogens is 3. The maximum absolute atomic E-state index is 12.7. The Morgan fingerprint density at radius 3 is 2.52 bits per heavy atom. The minimum atomic E-state index is -4.53. The average Bonchev–Trinajstić information content (AvgIpc) is 3.25. The van der Waals surface area contributed by atoms with Crippen molar-refractivity contribution in [3.05, 3.63) is 64.0 Å². The summed E-state index contributed by atoms with van der Waals surface area (Å²) in [6.07, 6.45) is -2.32. The number of carboxylic acid groups (broad SMARTS) is 1. The molecule has 3 rings (SSSR count). The number of amidine groups is 1. The summed E-state index contributed by atoms with van der Waals surface area (Å²) in [7, 11) is 0. The quantitative estimate of drug-likeness (QED) is 0.701. The SMILES string of the molecule is CCc1ccc(/C=C2\SC(=NC(C(=O)O)c3ccc(C(F)(F)F)cc3)NC2=O)o1. The maximum Gasteiger partial charge on any atom is 0.416 e. The third-order valence-electron chi connectivity index (χ3n) is 3.99. The molecule has 152 valence electrons. The van der Waals surface area contributed by atoms with E-state index in [1.807, 2.05) is 6.92 Å². The lowest BCUT2D eigenvalue weighted by Crippen LogP contribution is -2.22. The van der Waals surface area contributed by atoms with Crippen molar-refractivity contribution in [3.63, 3.8) is 0 Å². The Morgan fingerprint density at radius 1 is 1.28 bits per heavy atom. The van der Waals surface area contributed by atoms with Gasteiger partial charge in [0.1, 0.15) is 11.5 Å². The summed E-state index contributed by atoms with van der Waals surface area (Å²) in [5, 5.41) is 11.9. The van der Waals surface area contributed by atoms with Crippen LogP contribution >= 0.6 is 11.8 Å². The van der Waals surface area contributed by atoms with E-state index in [-0.39, 0.29) is 15.6 Å². The zero-order valence-corrected chi connectivity index (χ0v) is 15.8. The first kappa shape index (κ1) is 20.7. The number of aryl methyl sites for hydroxylation is 1. The van der Waals surface area contributed by atoms with Gasteiger partial charge in [0.15, 0.2) is 11.2 Å². The molecule has 29 heavy (non-hydrogen) atoms. The lowest BCUT2D eigenvalue weighted by molar-refractivity contribution is -0.138. The molecule has 0 aliphatic carbocycles. The van der Waals surface area contributed by atoms with Crippen molar-refractivity contribution >= 4 is 34.9 Å². The van der Waals surface area contributed by atoms with Gasteiger partial charge in [0.25, 0.3) is 5.91 Å². The first-order valence-corrected chi connectivity index (χ1v) is 9.26. The lowest BCUT2D eigenvalue weighted by Gasteiger charge is -2.11. The highest BCUT2D eigenvalue weighted by molar-refractivity contribution is 8.18. The average molecular weight is 424 g/mol. The highest BCUT2D eigenvalue weighted by Crippen LogP contribution is 2.32. The summed E-state index contributed by atoms with van der Waals surface area (Å²) in [5.41, 5.74) is -0.833. The van der Waals surface area contributed by atoms with Gasteiger partial charge in [0, 0.05) is 12.5 Å². The van der Waals surface area contributed by atoms with Crippen LogP contribution in [0.15, 0.2) is 50.7 Å². The number of hydrogen-bond donors (Lipinski definition) is 2. The Kier molecular flexibility index (Phi) is 5.83. The molecule has 1 aromatic carbocycles. The number of hydrogen-bond acceptors (Lipinski definition) is 5. The monoisotopic (exact) mass is 424 g/mol. The van der Waals surface area contributed by atoms with E-state index in [1.165, 1.54) is 6.08 Å². The Hall–Kier alpha value is -3.01. The minimum Gasteiger partial charge on any atom is -0.479 e. The number of carbonyl (C=O) groups excluding carboxylic acids is 1. The molecule has 1 aromatic heterocycles. The van der Waals surface area contributed by atoms with Crippen LogP contribution in [0.3, 0.4) is 0 Å². The number of amides is 1. The molecule has 2 heterocycles. The number of furan rings is 1. The van der Waals surface area contributed by atoms with E-state index in [9.17, 15) is 27.9 Å². The molecule has 1 aliphatic rings. The van der Waals surface area contributed by atoms with Gasteiger partial charge in [0.2, 0.25) is 0 Å². The van der Waals surface area contributed by atoms with Crippen molar-refractivity contribution in [2.75, 3.05) is 0 Å². The summed E-state index contributed by atoms with van der Waals surface area (Å²) in [6.45, 7) is 1.92. The van der Waals surface area contributed by atoms with Crippen molar-refractivity contribution < 1.29 is 32.3 Å². The van der Waals surface area contributed by atoms with Crippen molar-refractivity contribution in [1.82, 2.24) is 5.32 Å². The molecule has 0 bridgehead atoms. The highest BCUT2D eigenvalue weighted by atomic mass is 32.2. The predicted molar refractivity (Wildman–Crippen MR) is 101 cm³/mol. The molecule has 2 aromatic rings. The Morgan fingerprint density at radius 2 is 1.97 bits per heavy atom. The topological polar surface area (TPSA) is 91.9 Å². The van der Waals surface area contributed by atoms with E-state index in [2.05, 4.69) is 10.3 Å². The standard InChI is InChI=1S/C19H15F3N2O4S/c1-2-12-7-8-13(28-12)9-14-16(25)24-18(29-14)23-15(17(26)27)10-3-5-11(6-4-10)19(20,21)22/h3-9,15H,2H2,1H3,(H,26,27)(H,23,24,25)/b14-9-. The molecule has 1 unspecified atom stereocenters. The van der Waals surface area contributed by atoms with Gasteiger partial charge in [-0.15, -0.1) is 0 Å². The number of rotatable bonds is 5. The molecular formula is C19H15F3N2O4S. The van der Waals surface area contributed by atoms with Crippen molar-refractivity contribution in [3.8, 4) is 0 Å². The smallest absolute Gasteiger partial charge is 0.416 e. The van der Waals surface area contributed by atoms with Gasteiger partial charge in [-0.05, 0) is 41.6 Å². The van der Waals surface area contributed by atoms with Crippen molar-refractivity contribution in [2.24, 2.45) is 4.99 Å². The number of aliphatic carboxylic acids is 1. The first-order valence-electron chi connectivity index (χ1n) is 8.44. The van der Waals surface area contributed by atoms with Gasteiger partial charge in [-0.2, -0.15) is 13.2 Å². The van der Waals surface area contributed by atoms with Crippen LogP contribution in [0.25, 0.3) is 6.08 Å². The van der Waals surface area contributed by atoms with E-state index in [0.29, 0.717) is 12.2 Å². The molecule has 6 nitrogen and oxygen atoms in total. The molecule has 1 saturated heterocycles. The van der Waals surface area contributed by atoms with Crippen molar-refractivity contribution in [2.45, 2.75) is 25.6 Å². The van der Waals surface area contributed by atoms with E-state index in [0.717, 1.165) is 41.8 Å². The number of nitrogens with one attached hydrogen (secondary N) is 1. The molecule has 1 aliphatic heterocycles. The van der Waals surface area contributed by atoms with Gasteiger partial charge in [-0.3, -0.25) is 4.79 Å². The number of carbonyl (C=O) groups is 2. The van der Waals surface area contributed by atoms with Crippen LogP contribution < -0.4 is 5.32 Å². The Bertz CT molecular complexity index is 994. The molecule has 0 spiro atoms. The molecule has 0 saturated carbocycles. The summed E-state index contributed by atoms with van der Waals surface area (Å²) in [4.78, 5) is 27.9. The molecular weight excluding hydrogens is 409 g/mol. The van der Waals surface area contributed by atoms with Crippen LogP contribution in [-0.4, -0.2) is 22.2 Å². The van der Waals surface area contributed by atoms with Crippen molar-refractivity contribution in [1.29, 1.82) is 0 Å². The zero-order chi connectivity index (χ0) is 21.2. The normalized spacial score (nSPS) is 18.3. The summed E-state index contributed by atoms with van der Waals surface area (Å²) in [5.74, 6) is -0.608. The summed E-state index contributed by atoms with van der Waals surface area (Å²) in [6, 6.07) is 5.72. The fraction of sp³-hybridized carbons (Fsp3) is 0.211. The Balaban J connectivity index is 1.83. The fourth-order valence-electron chi connectivity index (χ4n) is 2.52. The third kappa shape index (κ3) is 4.89. The summed E-state index contributed by atoms with van der Waals surface area (Å²) >= 11 is 0.925. The molecule has 0 radical (unpaired) electrons. The van der Waals surface area contributed by atoms with Gasteiger partial charge in [-0.1, -0.05) is 19.1 Å². The molecule has 10 heteroatoms. The number of alkyl halides is 3. The molecule has 1 fully saturated rings. The third-order valence-corrected chi connectivity index (χ3v) is 4.91. The lowest BCUT2D eigenvalue weighted by atomic mass is 10.1. The van der Waals surface area contributed by atoms with Crippen LogP contribution in [0, 0.1) is 0 Å². The van der Waals surface area contributed by atoms with Crippen LogP contribution in [0.5, 0.6) is 0 Å². The zero-order valence-electron chi connectivity index (χ0n) is 15.0. The van der Waals surface area contributed by atoms with Gasteiger partial charge < -0.3 is 14.8 Å². The largest absolute Gasteiger partial charge is 0.479 e. The maximum atomic E-state index is 12.7. The second-order valence-corrected chi connectivity index (χ2v) is 7.05. The second kappa shape index (κ2) is 8.16. The van der Waals surface area contributed by atoms with E-state index >= 15 is 0 Å². The van der Waals surface area contributed by atoms with E-state index in [1.54, 1.807) is 12.1 Å². The van der Waals surface area contributed by atoms with Crippen LogP contribution in [0.1, 0.15) is 35.6 Å². The second-order valence-electron chi connectivity index (χ2n) is 6.02. The Labute approximate surface area is 167 Å². The molecule has 2 N–H and O–H groups in total. The number of benzene rings is 1. The summed E-state index contributed by atoms with van der Waals surface area (Å²) < 4.78 is 43.6. The van der Waals surface area contributed by atoms with Crippen LogP contribution in [0.4, 0.5) is 13.2 Å². The highest BCUT2D eigenvalue weighted by Gasteiger charge is 2.31. The number of aliphatic imine (C=N–C) groups is 1. The first-order chi connectivity index (χ1) is 13.7. The van der Waals surface area contributed by atoms with Crippen LogP contribution in [-0.2, 0) is 22.2 Å². The number of nitrogens with zero attached hydrogens (tertiary/aromatic N) is 1. The predicted octanol–water partition coefficient (Wildman–Crippen LogP) is 4.25.